The molecule has 23 heavy (non-hydrogen) atoms. The summed E-state index contributed by atoms with van der Waals surface area (Å²) in [5, 5.41) is 13.2. The first-order valence-electron chi connectivity index (χ1n) is 6.46. The number of nitriles is 1. The largest absolute Gasteiger partial charge is 0.416 e. The summed E-state index contributed by atoms with van der Waals surface area (Å²) in [6, 6.07) is 7.86. The quantitative estimate of drug-likeness (QED) is 0.657. The molecule has 0 fully saturated rings. The Labute approximate surface area is 134 Å². The zero-order valence-corrected chi connectivity index (χ0v) is 12.8. The fourth-order valence-corrected chi connectivity index (χ4v) is 2.64. The molecule has 0 aliphatic rings. The number of carbonyl (C=O) groups excluding carboxylic acids is 1. The van der Waals surface area contributed by atoms with E-state index < -0.39 is 17.6 Å². The second kappa shape index (κ2) is 6.67. The molecule has 118 valence electrons. The van der Waals surface area contributed by atoms with Gasteiger partial charge in [0.2, 0.25) is 0 Å². The van der Waals surface area contributed by atoms with Crippen LogP contribution in [0.2, 0.25) is 0 Å². The molecule has 1 aromatic carbocycles. The number of amides is 1. The summed E-state index contributed by atoms with van der Waals surface area (Å²) in [6.45, 7) is 1.84. The average Bonchev–Trinajstić information content (AvgIpc) is 2.89. The summed E-state index contributed by atoms with van der Waals surface area (Å²) in [6.07, 6.45) is -3.08. The number of nitrogens with zero attached hydrogens (tertiary/aromatic N) is 1. The van der Waals surface area contributed by atoms with Gasteiger partial charge in [-0.3, -0.25) is 4.79 Å². The van der Waals surface area contributed by atoms with E-state index in [1.165, 1.54) is 29.5 Å². The lowest BCUT2D eigenvalue weighted by atomic mass is 10.1. The number of thiophene rings is 1. The smallest absolute Gasteiger partial charge is 0.321 e. The van der Waals surface area contributed by atoms with Gasteiger partial charge in [-0.2, -0.15) is 18.4 Å². The molecule has 1 heterocycles. The maximum atomic E-state index is 12.7. The third kappa shape index (κ3) is 4.20. The second-order valence-electron chi connectivity index (χ2n) is 4.67. The molecule has 0 unspecified atom stereocenters. The van der Waals surface area contributed by atoms with Gasteiger partial charge in [0.1, 0.15) is 11.6 Å². The van der Waals surface area contributed by atoms with Crippen LogP contribution in [0.4, 0.5) is 18.9 Å². The molecule has 0 aliphatic carbocycles. The highest BCUT2D eigenvalue weighted by atomic mass is 32.1. The maximum absolute atomic E-state index is 12.7. The summed E-state index contributed by atoms with van der Waals surface area (Å²) in [5.74, 6) is -0.750. The van der Waals surface area contributed by atoms with Crippen LogP contribution < -0.4 is 5.32 Å². The van der Waals surface area contributed by atoms with E-state index in [0.29, 0.717) is 0 Å². The van der Waals surface area contributed by atoms with E-state index in [1.807, 2.05) is 18.4 Å². The third-order valence-electron chi connectivity index (χ3n) is 2.99. The van der Waals surface area contributed by atoms with E-state index in [2.05, 4.69) is 5.32 Å². The Hall–Kier alpha value is -2.59. The van der Waals surface area contributed by atoms with Gasteiger partial charge in [-0.15, -0.1) is 11.3 Å². The van der Waals surface area contributed by atoms with Gasteiger partial charge in [0, 0.05) is 10.6 Å². The molecule has 0 spiro atoms. The maximum Gasteiger partial charge on any atom is 0.416 e. The van der Waals surface area contributed by atoms with Crippen LogP contribution >= 0.6 is 11.3 Å². The van der Waals surface area contributed by atoms with Crippen molar-refractivity contribution in [3.63, 3.8) is 0 Å². The van der Waals surface area contributed by atoms with Gasteiger partial charge in [-0.05, 0) is 48.2 Å². The van der Waals surface area contributed by atoms with Crippen molar-refractivity contribution in [2.24, 2.45) is 0 Å². The fourth-order valence-electron chi connectivity index (χ4n) is 1.78. The van der Waals surface area contributed by atoms with Crippen LogP contribution in [0.3, 0.4) is 0 Å². The number of halogens is 3. The Balaban J connectivity index is 2.23. The molecule has 0 saturated carbocycles. The highest BCUT2D eigenvalue weighted by Crippen LogP contribution is 2.30. The van der Waals surface area contributed by atoms with Crippen molar-refractivity contribution in [2.75, 3.05) is 5.32 Å². The number of hydrogen-bond donors (Lipinski definition) is 1. The highest BCUT2D eigenvalue weighted by Gasteiger charge is 2.30. The molecule has 7 heteroatoms. The molecule has 2 aromatic rings. The minimum absolute atomic E-state index is 0.0196. The molecule has 0 atom stereocenters. The van der Waals surface area contributed by atoms with Crippen molar-refractivity contribution >= 4 is 29.0 Å². The molecule has 1 aromatic heterocycles. The lowest BCUT2D eigenvalue weighted by Gasteiger charge is -2.09. The van der Waals surface area contributed by atoms with Gasteiger partial charge in [0.25, 0.3) is 5.91 Å². The van der Waals surface area contributed by atoms with Crippen LogP contribution in [0, 0.1) is 18.3 Å². The Bertz CT molecular complexity index is 800. The van der Waals surface area contributed by atoms with E-state index in [4.69, 9.17) is 5.26 Å². The molecule has 1 N–H and O–H groups in total. The van der Waals surface area contributed by atoms with Crippen LogP contribution in [-0.2, 0) is 11.0 Å². The van der Waals surface area contributed by atoms with Crippen molar-refractivity contribution in [3.05, 3.63) is 57.3 Å². The number of anilines is 1. The lowest BCUT2D eigenvalue weighted by molar-refractivity contribution is -0.137. The topological polar surface area (TPSA) is 52.9 Å². The average molecular weight is 336 g/mol. The van der Waals surface area contributed by atoms with Crippen LogP contribution in [0.25, 0.3) is 6.08 Å². The molecule has 0 radical (unpaired) electrons. The highest BCUT2D eigenvalue weighted by molar-refractivity contribution is 7.11. The molecule has 1 amide bonds. The second-order valence-corrected chi connectivity index (χ2v) is 5.62. The normalized spacial score (nSPS) is 11.9. The van der Waals surface area contributed by atoms with Crippen molar-refractivity contribution in [3.8, 4) is 6.07 Å². The van der Waals surface area contributed by atoms with Crippen LogP contribution in [0.1, 0.15) is 16.0 Å². The first-order valence-corrected chi connectivity index (χ1v) is 7.33. The predicted octanol–water partition coefficient (Wildman–Crippen LogP) is 4.62. The summed E-state index contributed by atoms with van der Waals surface area (Å²) in [4.78, 5) is 12.8. The molecular formula is C16H11F3N2OS. The van der Waals surface area contributed by atoms with Crippen molar-refractivity contribution in [1.82, 2.24) is 0 Å². The molecule has 2 rings (SSSR count). The molecule has 0 aliphatic heterocycles. The monoisotopic (exact) mass is 336 g/mol. The molecule has 0 saturated heterocycles. The lowest BCUT2D eigenvalue weighted by Crippen LogP contribution is -2.14. The van der Waals surface area contributed by atoms with E-state index in [9.17, 15) is 18.0 Å². The van der Waals surface area contributed by atoms with Gasteiger partial charge in [-0.25, -0.2) is 0 Å². The van der Waals surface area contributed by atoms with Gasteiger partial charge in [0.05, 0.1) is 5.56 Å². The van der Waals surface area contributed by atoms with Gasteiger partial charge in [-0.1, -0.05) is 6.07 Å². The van der Waals surface area contributed by atoms with Crippen molar-refractivity contribution in [2.45, 2.75) is 13.1 Å². The Kier molecular flexibility index (Phi) is 4.86. The van der Waals surface area contributed by atoms with E-state index in [1.54, 1.807) is 6.07 Å². The zero-order valence-electron chi connectivity index (χ0n) is 11.9. The molecule has 0 bridgehead atoms. The summed E-state index contributed by atoms with van der Waals surface area (Å²) in [7, 11) is 0. The standard InChI is InChI=1S/C16H11F3N2OS/c1-10-5-6-23-14(10)7-11(9-20)15(22)21-13-4-2-3-12(8-13)16(17,18)19/h2-8H,1H3,(H,21,22). The van der Waals surface area contributed by atoms with Crippen LogP contribution in [-0.4, -0.2) is 5.91 Å². The zero-order chi connectivity index (χ0) is 17.0. The number of benzene rings is 1. The number of nitrogens with one attached hydrogen (secondary N) is 1. The minimum atomic E-state index is -4.50. The third-order valence-corrected chi connectivity index (χ3v) is 3.96. The van der Waals surface area contributed by atoms with Gasteiger partial charge >= 0.3 is 6.18 Å². The summed E-state index contributed by atoms with van der Waals surface area (Å²) in [5.41, 5.74) is -0.150. The summed E-state index contributed by atoms with van der Waals surface area (Å²) >= 11 is 1.37. The van der Waals surface area contributed by atoms with E-state index in [0.717, 1.165) is 22.6 Å². The predicted molar refractivity (Wildman–Crippen MR) is 82.7 cm³/mol. The number of hydrogen-bond acceptors (Lipinski definition) is 3. The molecule has 3 nitrogen and oxygen atoms in total. The Morgan fingerprint density at radius 3 is 2.65 bits per heavy atom. The molecular weight excluding hydrogens is 325 g/mol. The van der Waals surface area contributed by atoms with Crippen molar-refractivity contribution < 1.29 is 18.0 Å². The number of carbonyl (C=O) groups is 1. The number of aryl methyl sites for hydroxylation is 1. The summed E-state index contributed by atoms with van der Waals surface area (Å²) < 4.78 is 38.0. The number of rotatable bonds is 3. The minimum Gasteiger partial charge on any atom is -0.321 e. The van der Waals surface area contributed by atoms with E-state index in [-0.39, 0.29) is 11.3 Å². The van der Waals surface area contributed by atoms with Crippen LogP contribution in [0.5, 0.6) is 0 Å². The fraction of sp³-hybridized carbons (Fsp3) is 0.125. The Morgan fingerprint density at radius 1 is 1.35 bits per heavy atom. The van der Waals surface area contributed by atoms with Crippen LogP contribution in [0.15, 0.2) is 41.3 Å². The Morgan fingerprint density at radius 2 is 2.09 bits per heavy atom. The number of alkyl halides is 3. The first kappa shape index (κ1) is 16.8. The van der Waals surface area contributed by atoms with Crippen molar-refractivity contribution in [1.29, 1.82) is 5.26 Å². The van der Waals surface area contributed by atoms with Gasteiger partial charge in [0.15, 0.2) is 0 Å². The SMILES string of the molecule is Cc1ccsc1C=C(C#N)C(=O)Nc1cccc(C(F)(F)F)c1. The first-order chi connectivity index (χ1) is 10.8. The van der Waals surface area contributed by atoms with E-state index >= 15 is 0 Å². The van der Waals surface area contributed by atoms with Gasteiger partial charge < -0.3 is 5.32 Å².